The third-order valence-corrected chi connectivity index (χ3v) is 7.59. The van der Waals surface area contributed by atoms with Gasteiger partial charge < -0.3 is 4.74 Å². The average molecular weight is 482 g/mol. The number of halogens is 2. The molecule has 0 aliphatic heterocycles. The number of ketones is 1. The lowest BCUT2D eigenvalue weighted by atomic mass is 9.64. The highest BCUT2D eigenvalue weighted by atomic mass is 79.9. The molecule has 2 aromatic rings. The summed E-state index contributed by atoms with van der Waals surface area (Å²) in [6.07, 6.45) is 2.33. The summed E-state index contributed by atoms with van der Waals surface area (Å²) in [5.41, 5.74) is 0.816. The molecule has 0 aromatic heterocycles. The lowest BCUT2D eigenvalue weighted by Gasteiger charge is -2.37. The standard InChI is InChI=1S/C20H17BrFNO5S/c1-28-19(25)14-8-12(9-15-13(14)10-18(24)20(15)5-2-6-20)23-29(26,27)17-4-3-11(21)7-16(17)22/h3-4,7-9,23H,2,5-6,10H2,1H3. The molecule has 1 fully saturated rings. The lowest BCUT2D eigenvalue weighted by Crippen LogP contribution is -2.39. The van der Waals surface area contributed by atoms with E-state index in [9.17, 15) is 22.4 Å². The SMILES string of the molecule is COC(=O)c1cc(NS(=O)(=O)c2ccc(Br)cc2F)cc2c1CC(=O)C21CCC1. The van der Waals surface area contributed by atoms with Crippen molar-refractivity contribution in [1.82, 2.24) is 0 Å². The van der Waals surface area contributed by atoms with E-state index < -0.39 is 32.1 Å². The molecule has 0 amide bonds. The summed E-state index contributed by atoms with van der Waals surface area (Å²) in [5.74, 6) is -1.53. The zero-order chi connectivity index (χ0) is 21.0. The number of sulfonamides is 1. The normalized spacial score (nSPS) is 17.0. The summed E-state index contributed by atoms with van der Waals surface area (Å²) < 4.78 is 47.3. The second-order valence-electron chi connectivity index (χ2n) is 7.26. The smallest absolute Gasteiger partial charge is 0.338 e. The number of benzene rings is 2. The fraction of sp³-hybridized carbons (Fsp3) is 0.300. The Morgan fingerprint density at radius 1 is 1.24 bits per heavy atom. The minimum atomic E-state index is -4.25. The monoisotopic (exact) mass is 481 g/mol. The minimum Gasteiger partial charge on any atom is -0.465 e. The topological polar surface area (TPSA) is 89.5 Å². The number of fused-ring (bicyclic) bond motifs is 2. The van der Waals surface area contributed by atoms with Crippen molar-refractivity contribution in [2.24, 2.45) is 0 Å². The van der Waals surface area contributed by atoms with Crippen molar-refractivity contribution in [2.75, 3.05) is 11.8 Å². The fourth-order valence-corrected chi connectivity index (χ4v) is 5.54. The molecule has 1 spiro atoms. The summed E-state index contributed by atoms with van der Waals surface area (Å²) in [6, 6.07) is 6.54. The van der Waals surface area contributed by atoms with Crippen molar-refractivity contribution < 1.29 is 27.1 Å². The van der Waals surface area contributed by atoms with Crippen LogP contribution in [-0.2, 0) is 31.4 Å². The van der Waals surface area contributed by atoms with E-state index in [0.717, 1.165) is 18.6 Å². The summed E-state index contributed by atoms with van der Waals surface area (Å²) in [4.78, 5) is 24.4. The number of carbonyl (C=O) groups is 2. The second-order valence-corrected chi connectivity index (χ2v) is 9.82. The summed E-state index contributed by atoms with van der Waals surface area (Å²) in [5, 5.41) is 0. The van der Waals surface area contributed by atoms with Crippen LogP contribution in [-0.4, -0.2) is 27.3 Å². The van der Waals surface area contributed by atoms with Gasteiger partial charge in [0.1, 0.15) is 16.5 Å². The van der Waals surface area contributed by atoms with E-state index in [1.807, 2.05) is 0 Å². The van der Waals surface area contributed by atoms with Crippen molar-refractivity contribution >= 4 is 43.4 Å². The van der Waals surface area contributed by atoms with Crippen LogP contribution in [0.1, 0.15) is 40.7 Å². The summed E-state index contributed by atoms with van der Waals surface area (Å²) >= 11 is 3.09. The molecule has 2 aromatic carbocycles. The van der Waals surface area contributed by atoms with Gasteiger partial charge in [-0.25, -0.2) is 17.6 Å². The Labute approximate surface area is 175 Å². The minimum absolute atomic E-state index is 0.0304. The summed E-state index contributed by atoms with van der Waals surface area (Å²) in [6.45, 7) is 0. The number of anilines is 1. The number of hydrogen-bond donors (Lipinski definition) is 1. The first-order valence-electron chi connectivity index (χ1n) is 8.95. The van der Waals surface area contributed by atoms with Gasteiger partial charge >= 0.3 is 5.97 Å². The molecular weight excluding hydrogens is 465 g/mol. The van der Waals surface area contributed by atoms with Crippen LogP contribution in [0.4, 0.5) is 10.1 Å². The molecule has 4 rings (SSSR count). The van der Waals surface area contributed by atoms with Gasteiger partial charge in [-0.15, -0.1) is 0 Å². The van der Waals surface area contributed by atoms with E-state index in [1.54, 1.807) is 6.07 Å². The van der Waals surface area contributed by atoms with Gasteiger partial charge in [0.2, 0.25) is 0 Å². The molecule has 0 heterocycles. The lowest BCUT2D eigenvalue weighted by molar-refractivity contribution is -0.125. The third-order valence-electron chi connectivity index (χ3n) is 5.68. The van der Waals surface area contributed by atoms with Gasteiger partial charge in [-0.1, -0.05) is 22.4 Å². The highest BCUT2D eigenvalue weighted by Gasteiger charge is 2.51. The molecule has 0 radical (unpaired) electrons. The van der Waals surface area contributed by atoms with E-state index >= 15 is 0 Å². The van der Waals surface area contributed by atoms with E-state index in [2.05, 4.69) is 20.7 Å². The van der Waals surface area contributed by atoms with Gasteiger partial charge in [-0.2, -0.15) is 0 Å². The van der Waals surface area contributed by atoms with Gasteiger partial charge in [-0.05, 0) is 54.3 Å². The number of methoxy groups -OCH3 is 1. The molecular formula is C20H17BrFNO5S. The molecule has 9 heteroatoms. The number of nitrogens with one attached hydrogen (secondary N) is 1. The van der Waals surface area contributed by atoms with Crippen molar-refractivity contribution in [3.63, 3.8) is 0 Å². The zero-order valence-electron chi connectivity index (χ0n) is 15.4. The Bertz CT molecular complexity index is 1160. The maximum atomic E-state index is 14.2. The number of rotatable bonds is 4. The van der Waals surface area contributed by atoms with E-state index in [0.29, 0.717) is 28.4 Å². The van der Waals surface area contributed by atoms with Crippen LogP contribution in [0, 0.1) is 5.82 Å². The molecule has 0 unspecified atom stereocenters. The molecule has 2 aliphatic carbocycles. The number of carbonyl (C=O) groups excluding carboxylic acids is 2. The van der Waals surface area contributed by atoms with Crippen LogP contribution in [0.3, 0.4) is 0 Å². The molecule has 1 N–H and O–H groups in total. The van der Waals surface area contributed by atoms with Crippen molar-refractivity contribution in [2.45, 2.75) is 36.0 Å². The largest absolute Gasteiger partial charge is 0.465 e. The van der Waals surface area contributed by atoms with Crippen LogP contribution in [0.2, 0.25) is 0 Å². The van der Waals surface area contributed by atoms with Gasteiger partial charge in [0.15, 0.2) is 0 Å². The molecule has 152 valence electrons. The van der Waals surface area contributed by atoms with Gasteiger partial charge in [-0.3, -0.25) is 9.52 Å². The van der Waals surface area contributed by atoms with E-state index in [-0.39, 0.29) is 23.5 Å². The maximum absolute atomic E-state index is 14.2. The highest BCUT2D eigenvalue weighted by Crippen LogP contribution is 2.52. The third kappa shape index (κ3) is 3.16. The van der Waals surface area contributed by atoms with Gasteiger partial charge in [0.05, 0.1) is 23.8 Å². The Morgan fingerprint density at radius 2 is 1.97 bits per heavy atom. The fourth-order valence-electron chi connectivity index (χ4n) is 4.10. The van der Waals surface area contributed by atoms with E-state index in [1.165, 1.54) is 19.2 Å². The van der Waals surface area contributed by atoms with Crippen LogP contribution in [0.5, 0.6) is 0 Å². The average Bonchev–Trinajstić information content (AvgIpc) is 2.91. The Balaban J connectivity index is 1.81. The maximum Gasteiger partial charge on any atom is 0.338 e. The van der Waals surface area contributed by atoms with E-state index in [4.69, 9.17) is 4.74 Å². The first-order chi connectivity index (χ1) is 13.7. The second kappa shape index (κ2) is 6.91. The molecule has 1 saturated carbocycles. The number of ether oxygens (including phenoxy) is 1. The Hall–Kier alpha value is -2.26. The van der Waals surface area contributed by atoms with Crippen molar-refractivity contribution in [3.8, 4) is 0 Å². The summed E-state index contributed by atoms with van der Waals surface area (Å²) in [7, 11) is -3.03. The first kappa shape index (κ1) is 20.0. The van der Waals surface area contributed by atoms with Crippen LogP contribution in [0.25, 0.3) is 0 Å². The van der Waals surface area contributed by atoms with Crippen LogP contribution in [0.15, 0.2) is 39.7 Å². The molecule has 0 bridgehead atoms. The highest BCUT2D eigenvalue weighted by molar-refractivity contribution is 9.10. The molecule has 29 heavy (non-hydrogen) atoms. The predicted octanol–water partition coefficient (Wildman–Crippen LogP) is 3.72. The molecule has 2 aliphatic rings. The van der Waals surface area contributed by atoms with Crippen LogP contribution < -0.4 is 4.72 Å². The number of esters is 1. The number of Topliss-reactive ketones (excluding diaryl/α,β-unsaturated/α-hetero) is 1. The zero-order valence-corrected chi connectivity index (χ0v) is 17.8. The van der Waals surface area contributed by atoms with Gasteiger partial charge in [0.25, 0.3) is 10.0 Å². The number of hydrogen-bond acceptors (Lipinski definition) is 5. The quantitative estimate of drug-likeness (QED) is 0.672. The Kier molecular flexibility index (Phi) is 4.77. The van der Waals surface area contributed by atoms with Gasteiger partial charge in [0, 0.05) is 10.9 Å². The molecule has 6 nitrogen and oxygen atoms in total. The van der Waals surface area contributed by atoms with Crippen molar-refractivity contribution in [1.29, 1.82) is 0 Å². The van der Waals surface area contributed by atoms with Crippen LogP contribution >= 0.6 is 15.9 Å². The van der Waals surface area contributed by atoms with Crippen molar-refractivity contribution in [3.05, 3.63) is 57.3 Å². The predicted molar refractivity (Wildman–Crippen MR) is 107 cm³/mol. The Morgan fingerprint density at radius 3 is 2.55 bits per heavy atom. The molecule has 0 saturated heterocycles. The first-order valence-corrected chi connectivity index (χ1v) is 11.2. The molecule has 0 atom stereocenters.